The number of nitrogens with zero attached hydrogens (tertiary/aromatic N) is 3. The van der Waals surface area contributed by atoms with Crippen molar-refractivity contribution in [1.29, 1.82) is 0 Å². The van der Waals surface area contributed by atoms with Crippen LogP contribution in [0.3, 0.4) is 0 Å². The SMILES string of the molecule is CN(CCSc1ccc(CC(=O)O)cc1Cl)c1cccc(N(C)CCSc2ccc(CC(=O)O)cc2Cl)n1. The molecule has 0 unspecified atom stereocenters. The fourth-order valence-electron chi connectivity index (χ4n) is 3.54. The predicted molar refractivity (Wildman–Crippen MR) is 158 cm³/mol. The van der Waals surface area contributed by atoms with E-state index in [4.69, 9.17) is 38.4 Å². The lowest BCUT2D eigenvalue weighted by Crippen LogP contribution is -2.24. The van der Waals surface area contributed by atoms with Gasteiger partial charge in [-0.2, -0.15) is 0 Å². The monoisotopic (exact) mass is 593 g/mol. The molecule has 3 aromatic rings. The van der Waals surface area contributed by atoms with Gasteiger partial charge in [-0.1, -0.05) is 41.4 Å². The Morgan fingerprint density at radius 2 is 1.18 bits per heavy atom. The molecule has 0 saturated carbocycles. The number of hydrogen-bond donors (Lipinski definition) is 2. The molecule has 0 aliphatic rings. The van der Waals surface area contributed by atoms with Gasteiger partial charge < -0.3 is 20.0 Å². The topological polar surface area (TPSA) is 94.0 Å². The number of carboxylic acid groups (broad SMARTS) is 2. The Labute approximate surface area is 241 Å². The van der Waals surface area contributed by atoms with E-state index in [0.29, 0.717) is 21.2 Å². The highest BCUT2D eigenvalue weighted by molar-refractivity contribution is 7.99. The first-order valence-electron chi connectivity index (χ1n) is 11.8. The van der Waals surface area contributed by atoms with Gasteiger partial charge in [0, 0.05) is 48.5 Å². The van der Waals surface area contributed by atoms with Crippen LogP contribution in [0.2, 0.25) is 10.0 Å². The molecule has 2 N–H and O–H groups in total. The molecule has 0 atom stereocenters. The maximum Gasteiger partial charge on any atom is 0.307 e. The molecule has 1 heterocycles. The van der Waals surface area contributed by atoms with E-state index < -0.39 is 11.9 Å². The summed E-state index contributed by atoms with van der Waals surface area (Å²) in [7, 11) is 3.99. The first-order valence-corrected chi connectivity index (χ1v) is 14.5. The minimum absolute atomic E-state index is 0.0437. The van der Waals surface area contributed by atoms with Crippen molar-refractivity contribution < 1.29 is 19.8 Å². The first kappa shape index (κ1) is 30.0. The molecular formula is C27H29Cl2N3O4S2. The van der Waals surface area contributed by atoms with E-state index in [-0.39, 0.29) is 12.8 Å². The van der Waals surface area contributed by atoms with Crippen LogP contribution >= 0.6 is 46.7 Å². The van der Waals surface area contributed by atoms with E-state index in [1.807, 2.05) is 44.4 Å². The smallest absolute Gasteiger partial charge is 0.307 e. The first-order chi connectivity index (χ1) is 18.1. The number of hydrogen-bond acceptors (Lipinski definition) is 7. The number of benzene rings is 2. The Morgan fingerprint density at radius 1 is 0.763 bits per heavy atom. The molecule has 0 amide bonds. The van der Waals surface area contributed by atoms with Crippen LogP contribution in [0.15, 0.2) is 64.4 Å². The highest BCUT2D eigenvalue weighted by Crippen LogP contribution is 2.30. The van der Waals surface area contributed by atoms with Gasteiger partial charge in [-0.3, -0.25) is 9.59 Å². The molecule has 202 valence electrons. The van der Waals surface area contributed by atoms with Gasteiger partial charge in [0.2, 0.25) is 0 Å². The van der Waals surface area contributed by atoms with E-state index in [9.17, 15) is 9.59 Å². The zero-order chi connectivity index (χ0) is 27.7. The highest BCUT2D eigenvalue weighted by Gasteiger charge is 2.11. The van der Waals surface area contributed by atoms with Crippen molar-refractivity contribution in [3.05, 3.63) is 75.8 Å². The molecule has 1 aromatic heterocycles. The summed E-state index contributed by atoms with van der Waals surface area (Å²) in [4.78, 5) is 32.6. The van der Waals surface area contributed by atoms with Crippen LogP contribution < -0.4 is 9.80 Å². The minimum atomic E-state index is -0.879. The average molecular weight is 595 g/mol. The number of aromatic nitrogens is 1. The third-order valence-corrected chi connectivity index (χ3v) is 8.53. The lowest BCUT2D eigenvalue weighted by atomic mass is 10.1. The van der Waals surface area contributed by atoms with E-state index in [1.165, 1.54) is 0 Å². The summed E-state index contributed by atoms with van der Waals surface area (Å²) in [6.07, 6.45) is -0.0873. The number of anilines is 2. The maximum absolute atomic E-state index is 10.9. The van der Waals surface area contributed by atoms with Crippen LogP contribution in [-0.4, -0.2) is 65.8 Å². The van der Waals surface area contributed by atoms with E-state index in [1.54, 1.807) is 47.8 Å². The van der Waals surface area contributed by atoms with Gasteiger partial charge in [0.25, 0.3) is 0 Å². The molecule has 0 aliphatic heterocycles. The normalized spacial score (nSPS) is 10.8. The maximum atomic E-state index is 10.9. The molecule has 38 heavy (non-hydrogen) atoms. The van der Waals surface area contributed by atoms with Crippen LogP contribution in [0.4, 0.5) is 11.6 Å². The number of rotatable bonds is 14. The number of aliphatic carboxylic acids is 2. The van der Waals surface area contributed by atoms with Crippen molar-refractivity contribution in [2.45, 2.75) is 22.6 Å². The Bertz CT molecular complexity index is 1190. The van der Waals surface area contributed by atoms with E-state index in [2.05, 4.69) is 9.80 Å². The molecule has 2 aromatic carbocycles. The van der Waals surface area contributed by atoms with Crippen molar-refractivity contribution in [2.24, 2.45) is 0 Å². The largest absolute Gasteiger partial charge is 0.481 e. The number of carbonyl (C=O) groups is 2. The molecule has 0 aliphatic carbocycles. The highest BCUT2D eigenvalue weighted by atomic mass is 35.5. The molecule has 0 radical (unpaired) electrons. The molecule has 0 spiro atoms. The van der Waals surface area contributed by atoms with Gasteiger partial charge in [-0.05, 0) is 47.5 Å². The van der Waals surface area contributed by atoms with Crippen molar-refractivity contribution in [3.63, 3.8) is 0 Å². The molecule has 3 rings (SSSR count). The second-order valence-electron chi connectivity index (χ2n) is 8.56. The quantitative estimate of drug-likeness (QED) is 0.215. The third kappa shape index (κ3) is 9.31. The second-order valence-corrected chi connectivity index (χ2v) is 11.7. The summed E-state index contributed by atoms with van der Waals surface area (Å²) in [5.74, 6) is 1.55. The van der Waals surface area contributed by atoms with Gasteiger partial charge in [0.05, 0.1) is 22.9 Å². The Kier molecular flexibility index (Phi) is 11.5. The molecule has 0 saturated heterocycles. The summed E-state index contributed by atoms with van der Waals surface area (Å²) < 4.78 is 0. The molecule has 7 nitrogen and oxygen atoms in total. The number of halogens is 2. The second kappa shape index (κ2) is 14.5. The summed E-state index contributed by atoms with van der Waals surface area (Å²) >= 11 is 15.9. The third-order valence-electron chi connectivity index (χ3n) is 5.57. The van der Waals surface area contributed by atoms with E-state index in [0.717, 1.165) is 46.0 Å². The Morgan fingerprint density at radius 3 is 1.55 bits per heavy atom. The summed E-state index contributed by atoms with van der Waals surface area (Å²) in [5, 5.41) is 19.0. The fourth-order valence-corrected chi connectivity index (χ4v) is 6.17. The molecular weight excluding hydrogens is 565 g/mol. The summed E-state index contributed by atoms with van der Waals surface area (Å²) in [6, 6.07) is 16.7. The fraction of sp³-hybridized carbons (Fsp3) is 0.296. The molecule has 0 fully saturated rings. The van der Waals surface area contributed by atoms with Crippen molar-refractivity contribution >= 4 is 70.3 Å². The lowest BCUT2D eigenvalue weighted by molar-refractivity contribution is -0.137. The Hall–Kier alpha value is -2.59. The zero-order valence-electron chi connectivity index (χ0n) is 21.1. The number of thioether (sulfide) groups is 2. The van der Waals surface area contributed by atoms with Gasteiger partial charge in [-0.15, -0.1) is 23.5 Å². The van der Waals surface area contributed by atoms with Crippen LogP contribution in [0.25, 0.3) is 0 Å². The molecule has 11 heteroatoms. The Balaban J connectivity index is 1.49. The van der Waals surface area contributed by atoms with Gasteiger partial charge in [0.1, 0.15) is 11.6 Å². The predicted octanol–water partition coefficient (Wildman–Crippen LogP) is 6.10. The standard InChI is InChI=1S/C27H29Cl2N3O4S2/c1-31(10-12-37-22-8-6-18(14-20(22)28)16-26(33)34)24-4-3-5-25(30-24)32(2)11-13-38-23-9-7-19(15-21(23)29)17-27(35)36/h3-9,14-15H,10-13,16-17H2,1-2H3,(H,33,34)(H,35,36). The van der Waals surface area contributed by atoms with Crippen LogP contribution in [0.5, 0.6) is 0 Å². The zero-order valence-corrected chi connectivity index (χ0v) is 24.2. The van der Waals surface area contributed by atoms with Gasteiger partial charge >= 0.3 is 11.9 Å². The van der Waals surface area contributed by atoms with Crippen molar-refractivity contribution in [1.82, 2.24) is 4.98 Å². The van der Waals surface area contributed by atoms with Crippen molar-refractivity contribution in [3.8, 4) is 0 Å². The van der Waals surface area contributed by atoms with E-state index >= 15 is 0 Å². The van der Waals surface area contributed by atoms with Gasteiger partial charge in [0.15, 0.2) is 0 Å². The summed E-state index contributed by atoms with van der Waals surface area (Å²) in [5.41, 5.74) is 1.37. The number of pyridine rings is 1. The number of carboxylic acids is 2. The average Bonchev–Trinajstić information content (AvgIpc) is 2.86. The molecule has 0 bridgehead atoms. The van der Waals surface area contributed by atoms with Gasteiger partial charge in [-0.25, -0.2) is 4.98 Å². The van der Waals surface area contributed by atoms with Crippen molar-refractivity contribution in [2.75, 3.05) is 48.5 Å². The minimum Gasteiger partial charge on any atom is -0.481 e. The van der Waals surface area contributed by atoms with Crippen LogP contribution in [-0.2, 0) is 22.4 Å². The summed E-state index contributed by atoms with van der Waals surface area (Å²) in [6.45, 7) is 1.51. The lowest BCUT2D eigenvalue weighted by Gasteiger charge is -2.22. The van der Waals surface area contributed by atoms with Crippen LogP contribution in [0.1, 0.15) is 11.1 Å². The van der Waals surface area contributed by atoms with Crippen LogP contribution in [0, 0.1) is 0 Å².